The van der Waals surface area contributed by atoms with Crippen molar-refractivity contribution in [2.45, 2.75) is 6.54 Å². The highest BCUT2D eigenvalue weighted by molar-refractivity contribution is 5.93. The number of nitrogens with two attached hydrogens (primary N) is 1. The number of nitrogens with zero attached hydrogens (tertiary/aromatic N) is 2. The van der Waals surface area contributed by atoms with Gasteiger partial charge in [0.2, 0.25) is 5.91 Å². The lowest BCUT2D eigenvalue weighted by molar-refractivity contribution is 0.100. The van der Waals surface area contributed by atoms with Crippen LogP contribution in [0.4, 0.5) is 10.1 Å². The minimum Gasteiger partial charge on any atom is -0.378 e. The number of rotatable bonds is 5. The maximum atomic E-state index is 13.6. The van der Waals surface area contributed by atoms with E-state index >= 15 is 0 Å². The summed E-state index contributed by atoms with van der Waals surface area (Å²) in [5, 5.41) is 6.90. The molecular formula is C13H13FN4O. The molecule has 0 unspecified atom stereocenters. The van der Waals surface area contributed by atoms with Crippen molar-refractivity contribution >= 4 is 17.8 Å². The molecule has 19 heavy (non-hydrogen) atoms. The molecule has 3 N–H and O–H groups in total. The zero-order valence-electron chi connectivity index (χ0n) is 10.1. The van der Waals surface area contributed by atoms with Crippen LogP contribution in [0.1, 0.15) is 15.9 Å². The summed E-state index contributed by atoms with van der Waals surface area (Å²) in [6.07, 6.45) is 4.96. The molecule has 5 nitrogen and oxygen atoms in total. The van der Waals surface area contributed by atoms with Gasteiger partial charge in [0.25, 0.3) is 0 Å². The zero-order chi connectivity index (χ0) is 13.8. The molecule has 0 aliphatic carbocycles. The first-order valence-electron chi connectivity index (χ1n) is 5.59. The van der Waals surface area contributed by atoms with Crippen LogP contribution in [0.15, 0.2) is 37.2 Å². The Morgan fingerprint density at radius 2 is 2.37 bits per heavy atom. The fourth-order valence-electron chi connectivity index (χ4n) is 1.58. The van der Waals surface area contributed by atoms with E-state index in [0.717, 1.165) is 5.56 Å². The molecule has 0 bridgehead atoms. The van der Waals surface area contributed by atoms with E-state index in [0.29, 0.717) is 6.54 Å². The van der Waals surface area contributed by atoms with Gasteiger partial charge in [-0.15, -0.1) is 0 Å². The summed E-state index contributed by atoms with van der Waals surface area (Å²) in [4.78, 5) is 11.0. The molecule has 0 saturated heterocycles. The topological polar surface area (TPSA) is 72.9 Å². The molecule has 0 fully saturated rings. The maximum Gasteiger partial charge on any atom is 0.248 e. The van der Waals surface area contributed by atoms with Crippen LogP contribution in [-0.2, 0) is 6.54 Å². The second-order valence-electron chi connectivity index (χ2n) is 3.92. The highest BCUT2D eigenvalue weighted by Crippen LogP contribution is 2.17. The molecule has 2 aromatic rings. The van der Waals surface area contributed by atoms with E-state index in [4.69, 9.17) is 5.73 Å². The molecule has 0 radical (unpaired) electrons. The van der Waals surface area contributed by atoms with Crippen molar-refractivity contribution < 1.29 is 9.18 Å². The van der Waals surface area contributed by atoms with Crippen LogP contribution in [-0.4, -0.2) is 15.7 Å². The van der Waals surface area contributed by atoms with E-state index in [9.17, 15) is 9.18 Å². The van der Waals surface area contributed by atoms with Crippen LogP contribution in [0.3, 0.4) is 0 Å². The minimum absolute atomic E-state index is 0.225. The van der Waals surface area contributed by atoms with Crippen molar-refractivity contribution in [3.63, 3.8) is 0 Å². The molecule has 1 aromatic heterocycles. The molecule has 6 heteroatoms. The van der Waals surface area contributed by atoms with Gasteiger partial charge in [0.15, 0.2) is 0 Å². The Balaban J connectivity index is 2.12. The molecule has 98 valence electrons. The summed E-state index contributed by atoms with van der Waals surface area (Å²) >= 11 is 0. The van der Waals surface area contributed by atoms with Gasteiger partial charge in [-0.25, -0.2) is 9.07 Å². The van der Waals surface area contributed by atoms with E-state index in [-0.39, 0.29) is 11.3 Å². The van der Waals surface area contributed by atoms with Gasteiger partial charge in [0.05, 0.1) is 11.9 Å². The quantitative estimate of drug-likeness (QED) is 0.861. The molecule has 1 amide bonds. The average molecular weight is 260 g/mol. The molecule has 1 heterocycles. The average Bonchev–Trinajstić information content (AvgIpc) is 2.85. The highest BCUT2D eigenvalue weighted by atomic mass is 19.1. The van der Waals surface area contributed by atoms with Crippen LogP contribution in [0, 0.1) is 5.82 Å². The normalized spacial score (nSPS) is 10.2. The Morgan fingerprint density at radius 1 is 1.58 bits per heavy atom. The number of anilines is 1. The van der Waals surface area contributed by atoms with E-state index in [1.165, 1.54) is 18.2 Å². The van der Waals surface area contributed by atoms with Crippen molar-refractivity contribution in [1.82, 2.24) is 9.78 Å². The number of carbonyl (C=O) groups excluding carboxylic acids is 1. The Bertz CT molecular complexity index is 621. The largest absolute Gasteiger partial charge is 0.378 e. The number of hydrogen-bond acceptors (Lipinski definition) is 3. The number of benzene rings is 1. The summed E-state index contributed by atoms with van der Waals surface area (Å²) < 4.78 is 15.1. The fourth-order valence-corrected chi connectivity index (χ4v) is 1.58. The third kappa shape index (κ3) is 2.98. The van der Waals surface area contributed by atoms with Gasteiger partial charge in [0.1, 0.15) is 5.82 Å². The smallest absolute Gasteiger partial charge is 0.248 e. The standard InChI is InChI=1S/C13H13FN4O/c1-2-18-8-9(7-17-18)6-16-12-5-10(13(15)19)3-4-11(12)14/h2-5,7-8,16H,1,6H2,(H2,15,19). The van der Waals surface area contributed by atoms with Crippen molar-refractivity contribution in [2.75, 3.05) is 5.32 Å². The monoisotopic (exact) mass is 260 g/mol. The van der Waals surface area contributed by atoms with Gasteiger partial charge in [0, 0.05) is 30.1 Å². The molecule has 0 aliphatic rings. The van der Waals surface area contributed by atoms with Gasteiger partial charge in [-0.2, -0.15) is 5.10 Å². The Hall–Kier alpha value is -2.63. The first-order valence-corrected chi connectivity index (χ1v) is 5.59. The van der Waals surface area contributed by atoms with Crippen LogP contribution < -0.4 is 11.1 Å². The first-order chi connectivity index (χ1) is 9.10. The van der Waals surface area contributed by atoms with Crippen LogP contribution in [0.25, 0.3) is 6.20 Å². The number of nitrogens with one attached hydrogen (secondary N) is 1. The van der Waals surface area contributed by atoms with Gasteiger partial charge in [-0.1, -0.05) is 6.58 Å². The number of amides is 1. The van der Waals surface area contributed by atoms with E-state index in [1.807, 2.05) is 0 Å². The molecule has 0 aliphatic heterocycles. The summed E-state index contributed by atoms with van der Waals surface area (Å²) in [6, 6.07) is 3.93. The van der Waals surface area contributed by atoms with Crippen molar-refractivity contribution in [2.24, 2.45) is 5.73 Å². The highest BCUT2D eigenvalue weighted by Gasteiger charge is 2.07. The maximum absolute atomic E-state index is 13.6. The number of hydrogen-bond donors (Lipinski definition) is 2. The zero-order valence-corrected chi connectivity index (χ0v) is 10.1. The molecular weight excluding hydrogens is 247 g/mol. The van der Waals surface area contributed by atoms with Gasteiger partial charge in [-0.3, -0.25) is 4.79 Å². The molecule has 0 atom stereocenters. The lowest BCUT2D eigenvalue weighted by atomic mass is 10.2. The summed E-state index contributed by atoms with van der Waals surface area (Å²) in [7, 11) is 0. The predicted molar refractivity (Wildman–Crippen MR) is 70.9 cm³/mol. The Kier molecular flexibility index (Phi) is 3.61. The Labute approximate surface area is 109 Å². The molecule has 2 rings (SSSR count). The fraction of sp³-hybridized carbons (Fsp3) is 0.0769. The number of carbonyl (C=O) groups is 1. The van der Waals surface area contributed by atoms with E-state index < -0.39 is 11.7 Å². The van der Waals surface area contributed by atoms with Crippen LogP contribution in [0.2, 0.25) is 0 Å². The second kappa shape index (κ2) is 5.34. The summed E-state index contributed by atoms with van der Waals surface area (Å²) in [6.45, 7) is 3.96. The number of aromatic nitrogens is 2. The molecule has 0 saturated carbocycles. The molecule has 1 aromatic carbocycles. The lowest BCUT2D eigenvalue weighted by Gasteiger charge is -2.07. The lowest BCUT2D eigenvalue weighted by Crippen LogP contribution is -2.12. The van der Waals surface area contributed by atoms with Crippen molar-refractivity contribution in [1.29, 1.82) is 0 Å². The third-order valence-electron chi connectivity index (χ3n) is 2.58. The number of halogens is 1. The first kappa shape index (κ1) is 12.8. The SMILES string of the molecule is C=Cn1cc(CNc2cc(C(N)=O)ccc2F)cn1. The third-order valence-corrected chi connectivity index (χ3v) is 2.58. The van der Waals surface area contributed by atoms with Crippen molar-refractivity contribution in [3.05, 3.63) is 54.1 Å². The van der Waals surface area contributed by atoms with Crippen molar-refractivity contribution in [3.8, 4) is 0 Å². The van der Waals surface area contributed by atoms with Crippen LogP contribution >= 0.6 is 0 Å². The van der Waals surface area contributed by atoms with E-state index in [1.54, 1.807) is 23.3 Å². The summed E-state index contributed by atoms with van der Waals surface area (Å²) in [5.74, 6) is -1.04. The minimum atomic E-state index is -0.595. The number of primary amides is 1. The van der Waals surface area contributed by atoms with Gasteiger partial charge in [-0.05, 0) is 18.2 Å². The predicted octanol–water partition coefficient (Wildman–Crippen LogP) is 1.83. The summed E-state index contributed by atoms with van der Waals surface area (Å²) in [5.41, 5.74) is 6.49. The van der Waals surface area contributed by atoms with E-state index in [2.05, 4.69) is 17.0 Å². The van der Waals surface area contributed by atoms with Crippen LogP contribution in [0.5, 0.6) is 0 Å². The second-order valence-corrected chi connectivity index (χ2v) is 3.92. The Morgan fingerprint density at radius 3 is 3.00 bits per heavy atom. The van der Waals surface area contributed by atoms with Gasteiger partial charge < -0.3 is 11.1 Å². The molecule has 0 spiro atoms. The van der Waals surface area contributed by atoms with Gasteiger partial charge >= 0.3 is 0 Å².